The van der Waals surface area contributed by atoms with Gasteiger partial charge >= 0.3 is 18.2 Å². The second-order valence-corrected chi connectivity index (χ2v) is 19.6. The van der Waals surface area contributed by atoms with Crippen molar-refractivity contribution in [2.24, 2.45) is 0 Å². The lowest BCUT2D eigenvalue weighted by atomic mass is 10.2. The number of rotatable bonds is 11. The van der Waals surface area contributed by atoms with E-state index >= 15 is 0 Å². The van der Waals surface area contributed by atoms with Crippen molar-refractivity contribution in [1.29, 1.82) is 0 Å². The quantitative estimate of drug-likeness (QED) is 0.269. The standard InChI is InChI=1S/C24H32O7Si2/c1-8-27-17-22(28-30-23(25)18-9-13-20(14-10-18)32(2,3)4)29-31-24(26)19-11-15-21(16-12-19)33(5,6)7/h9-16H,1,8,17H2,2-7H3. The molecule has 9 heteroatoms. The van der Waals surface area contributed by atoms with E-state index in [1.807, 2.05) is 24.3 Å². The number of carbonyl (C=O) groups is 2. The zero-order chi connectivity index (χ0) is 24.6. The van der Waals surface area contributed by atoms with Crippen LogP contribution < -0.4 is 10.4 Å². The van der Waals surface area contributed by atoms with Crippen molar-refractivity contribution in [3.8, 4) is 0 Å². The van der Waals surface area contributed by atoms with E-state index in [4.69, 9.17) is 24.3 Å². The molecule has 0 heterocycles. The lowest BCUT2D eigenvalue weighted by Gasteiger charge is -2.17. The highest BCUT2D eigenvalue weighted by molar-refractivity contribution is 6.89. The Morgan fingerprint density at radius 1 is 0.667 bits per heavy atom. The van der Waals surface area contributed by atoms with Crippen molar-refractivity contribution in [2.75, 3.05) is 13.2 Å². The summed E-state index contributed by atoms with van der Waals surface area (Å²) in [4.78, 5) is 44.1. The smallest absolute Gasteiger partial charge is 0.373 e. The third-order valence-electron chi connectivity index (χ3n) is 4.76. The second-order valence-electron chi connectivity index (χ2n) is 9.49. The summed E-state index contributed by atoms with van der Waals surface area (Å²) in [6.07, 6.45) is -0.349. The van der Waals surface area contributed by atoms with E-state index in [9.17, 15) is 9.59 Å². The van der Waals surface area contributed by atoms with Crippen LogP contribution >= 0.6 is 0 Å². The molecule has 2 aromatic rings. The molecule has 2 aromatic carbocycles. The molecular formula is C24H32O7Si2. The van der Waals surface area contributed by atoms with Gasteiger partial charge in [0.15, 0.2) is 0 Å². The Morgan fingerprint density at radius 2 is 1.03 bits per heavy atom. The van der Waals surface area contributed by atoms with Crippen LogP contribution in [0, 0.1) is 13.2 Å². The molecule has 0 aliphatic rings. The van der Waals surface area contributed by atoms with Crippen LogP contribution in [0.5, 0.6) is 0 Å². The van der Waals surface area contributed by atoms with Gasteiger partial charge in [0.2, 0.25) is 0 Å². The Hall–Kier alpha value is -2.31. The monoisotopic (exact) mass is 488 g/mol. The van der Waals surface area contributed by atoms with Gasteiger partial charge in [-0.2, -0.15) is 0 Å². The van der Waals surface area contributed by atoms with Crippen molar-refractivity contribution in [2.45, 2.75) is 39.3 Å². The van der Waals surface area contributed by atoms with Crippen LogP contribution in [0.3, 0.4) is 0 Å². The molecule has 0 aliphatic heterocycles. The van der Waals surface area contributed by atoms with Gasteiger partial charge in [0.05, 0.1) is 27.3 Å². The number of hydrogen-bond donors (Lipinski definition) is 0. The molecule has 0 N–H and O–H groups in total. The summed E-state index contributed by atoms with van der Waals surface area (Å²) in [5, 5.41) is 2.42. The van der Waals surface area contributed by atoms with Crippen LogP contribution in [-0.4, -0.2) is 41.3 Å². The molecule has 178 valence electrons. The number of benzene rings is 2. The first-order valence-corrected chi connectivity index (χ1v) is 17.6. The Labute approximate surface area is 197 Å². The molecule has 0 saturated heterocycles. The predicted molar refractivity (Wildman–Crippen MR) is 131 cm³/mol. The average Bonchev–Trinajstić information content (AvgIpc) is 2.77. The third kappa shape index (κ3) is 8.52. The Bertz CT molecular complexity index is 840. The van der Waals surface area contributed by atoms with Crippen LogP contribution in [0.15, 0.2) is 48.5 Å². The molecule has 2 radical (unpaired) electrons. The Morgan fingerprint density at radius 3 is 1.33 bits per heavy atom. The molecular weight excluding hydrogens is 456 g/mol. The molecule has 0 saturated carbocycles. The maximum Gasteiger partial charge on any atom is 0.373 e. The van der Waals surface area contributed by atoms with Gasteiger partial charge in [0, 0.05) is 6.61 Å². The van der Waals surface area contributed by atoms with E-state index < -0.39 is 28.1 Å². The highest BCUT2D eigenvalue weighted by Gasteiger charge is 2.23. The lowest BCUT2D eigenvalue weighted by molar-refractivity contribution is -0.368. The van der Waals surface area contributed by atoms with Crippen LogP contribution in [-0.2, 0) is 24.3 Å². The summed E-state index contributed by atoms with van der Waals surface area (Å²) in [7, 11) is -2.96. The lowest BCUT2D eigenvalue weighted by Crippen LogP contribution is -2.37. The summed E-state index contributed by atoms with van der Waals surface area (Å²) in [6, 6.07) is 14.3. The average molecular weight is 489 g/mol. The molecule has 0 amide bonds. The molecule has 0 unspecified atom stereocenters. The van der Waals surface area contributed by atoms with Gasteiger partial charge in [-0.05, 0) is 31.2 Å². The van der Waals surface area contributed by atoms with Crippen LogP contribution in [0.25, 0.3) is 0 Å². The highest BCUT2D eigenvalue weighted by Crippen LogP contribution is 2.13. The van der Waals surface area contributed by atoms with Crippen molar-refractivity contribution in [1.82, 2.24) is 0 Å². The fraction of sp³-hybridized carbons (Fsp3) is 0.333. The molecule has 0 fully saturated rings. The van der Waals surface area contributed by atoms with Gasteiger partial charge in [0.25, 0.3) is 0 Å². The van der Waals surface area contributed by atoms with E-state index in [1.54, 1.807) is 24.3 Å². The van der Waals surface area contributed by atoms with Crippen LogP contribution in [0.1, 0.15) is 20.7 Å². The first-order valence-electron chi connectivity index (χ1n) is 10.6. The predicted octanol–water partition coefficient (Wildman–Crippen LogP) is 3.99. The second kappa shape index (κ2) is 11.7. The molecule has 0 aliphatic carbocycles. The van der Waals surface area contributed by atoms with Gasteiger partial charge in [-0.15, -0.1) is 9.78 Å². The first kappa shape index (κ1) is 26.9. The summed E-state index contributed by atoms with van der Waals surface area (Å²) in [5.74, 6) is -1.44. The molecule has 0 atom stereocenters. The van der Waals surface area contributed by atoms with Gasteiger partial charge < -0.3 is 4.74 Å². The fourth-order valence-corrected chi connectivity index (χ4v) is 5.03. The van der Waals surface area contributed by atoms with Crippen molar-refractivity contribution in [3.63, 3.8) is 0 Å². The summed E-state index contributed by atoms with van der Waals surface area (Å²) in [6.45, 7) is 16.7. The summed E-state index contributed by atoms with van der Waals surface area (Å²) >= 11 is 0. The van der Waals surface area contributed by atoms with Gasteiger partial charge in [-0.3, -0.25) is 9.78 Å². The van der Waals surface area contributed by atoms with Crippen molar-refractivity contribution in [3.05, 3.63) is 72.9 Å². The molecule has 7 nitrogen and oxygen atoms in total. The van der Waals surface area contributed by atoms with E-state index in [0.717, 1.165) is 0 Å². The molecule has 2 rings (SSSR count). The van der Waals surface area contributed by atoms with Gasteiger partial charge in [-0.1, -0.05) is 73.9 Å². The Balaban J connectivity index is 1.93. The fourth-order valence-electron chi connectivity index (χ4n) is 2.69. The number of hydrogen-bond acceptors (Lipinski definition) is 7. The van der Waals surface area contributed by atoms with Crippen LogP contribution in [0.4, 0.5) is 0 Å². The highest BCUT2D eigenvalue weighted by atomic mass is 28.3. The minimum atomic E-state index is -1.48. The molecule has 0 aromatic heterocycles. The van der Waals surface area contributed by atoms with Crippen molar-refractivity contribution < 1.29 is 33.9 Å². The molecule has 33 heavy (non-hydrogen) atoms. The van der Waals surface area contributed by atoms with E-state index in [1.165, 1.54) is 10.4 Å². The summed E-state index contributed by atoms with van der Waals surface area (Å²) < 4.78 is 5.11. The molecule has 0 bridgehead atoms. The zero-order valence-electron chi connectivity index (χ0n) is 20.1. The molecule has 0 spiro atoms. The number of carbonyl (C=O) groups excluding carboxylic acids is 2. The minimum Gasteiger partial charge on any atom is -0.375 e. The van der Waals surface area contributed by atoms with E-state index in [-0.39, 0.29) is 19.5 Å². The van der Waals surface area contributed by atoms with E-state index in [0.29, 0.717) is 11.1 Å². The largest absolute Gasteiger partial charge is 0.375 e. The summed E-state index contributed by atoms with van der Waals surface area (Å²) in [5.41, 5.74) is 0.628. The zero-order valence-corrected chi connectivity index (χ0v) is 22.1. The Kier molecular flexibility index (Phi) is 9.56. The van der Waals surface area contributed by atoms with Crippen molar-refractivity contribution >= 4 is 38.5 Å². The minimum absolute atomic E-state index is 0.106. The normalized spacial score (nSPS) is 12.0. The maximum absolute atomic E-state index is 12.3. The van der Waals surface area contributed by atoms with Gasteiger partial charge in [0.1, 0.15) is 6.61 Å². The maximum atomic E-state index is 12.3. The van der Waals surface area contributed by atoms with E-state index in [2.05, 4.69) is 46.2 Å². The SMILES string of the molecule is [CH2]COC[C](OOC(=O)c1ccc([Si](C)(C)C)cc1)OOC(=O)c1ccc([Si](C)(C)C)cc1. The van der Waals surface area contributed by atoms with Crippen LogP contribution in [0.2, 0.25) is 39.3 Å². The van der Waals surface area contributed by atoms with Gasteiger partial charge in [-0.25, -0.2) is 9.59 Å². The third-order valence-corrected chi connectivity index (χ3v) is 8.89. The topological polar surface area (TPSA) is 80.3 Å². The number of ether oxygens (including phenoxy) is 1. The first-order chi connectivity index (χ1) is 15.4.